The molecule has 2 heterocycles. The average Bonchev–Trinajstić information content (AvgIpc) is 3.27. The molecule has 0 fully saturated rings. The monoisotopic (exact) mass is 415 g/mol. The number of anilines is 1. The number of aromatic nitrogens is 4. The van der Waals surface area contributed by atoms with Crippen LogP contribution in [-0.2, 0) is 6.61 Å². The van der Waals surface area contributed by atoms with E-state index >= 15 is 0 Å². The van der Waals surface area contributed by atoms with Crippen molar-refractivity contribution in [1.29, 1.82) is 0 Å². The molecule has 6 nitrogen and oxygen atoms in total. The van der Waals surface area contributed by atoms with Gasteiger partial charge in [0.1, 0.15) is 18.4 Å². The fraction of sp³-hybridized carbons (Fsp3) is 0.0870. The highest BCUT2D eigenvalue weighted by molar-refractivity contribution is 6.30. The fourth-order valence-electron chi connectivity index (χ4n) is 3.39. The fourth-order valence-corrected chi connectivity index (χ4v) is 3.52. The number of hydrogen-bond acceptors (Lipinski definition) is 5. The molecule has 1 atom stereocenters. The minimum Gasteiger partial charge on any atom is -0.489 e. The van der Waals surface area contributed by atoms with Gasteiger partial charge in [-0.1, -0.05) is 71.3 Å². The molecule has 1 N–H and O–H groups in total. The van der Waals surface area contributed by atoms with Crippen LogP contribution in [0, 0.1) is 0 Å². The lowest BCUT2D eigenvalue weighted by Crippen LogP contribution is -2.20. The maximum Gasteiger partial charge on any atom is 0.248 e. The van der Waals surface area contributed by atoms with E-state index in [2.05, 4.69) is 26.9 Å². The molecule has 148 valence electrons. The molecule has 0 spiro atoms. The Hall–Kier alpha value is -3.64. The van der Waals surface area contributed by atoms with Crippen molar-refractivity contribution in [3.8, 4) is 5.75 Å². The summed E-state index contributed by atoms with van der Waals surface area (Å²) in [5, 5.41) is 16.1. The van der Waals surface area contributed by atoms with Crippen molar-refractivity contribution in [2.45, 2.75) is 12.6 Å². The Kier molecular flexibility index (Phi) is 4.91. The van der Waals surface area contributed by atoms with Gasteiger partial charge in [0.2, 0.25) is 5.95 Å². The lowest BCUT2D eigenvalue weighted by Gasteiger charge is -2.23. The molecule has 5 rings (SSSR count). The number of allylic oxidation sites excluding steroid dienone is 1. The van der Waals surface area contributed by atoms with E-state index in [-0.39, 0.29) is 6.04 Å². The molecule has 4 aromatic rings. The summed E-state index contributed by atoms with van der Waals surface area (Å²) in [5.41, 5.74) is 4.14. The van der Waals surface area contributed by atoms with Gasteiger partial charge in [0.05, 0.1) is 0 Å². The standard InChI is InChI=1S/C23H18ClN5O/c24-19-10-6-17(7-11-19)21-14-22(29-23(25-21)26-27-28-29)18-8-12-20(13-9-18)30-15-16-4-2-1-3-5-16/h1-14,22H,15H2,(H,25,26,28). The molecule has 0 amide bonds. The Morgan fingerprint density at radius 1 is 0.933 bits per heavy atom. The first-order valence-corrected chi connectivity index (χ1v) is 9.93. The maximum absolute atomic E-state index is 6.03. The third-order valence-electron chi connectivity index (χ3n) is 4.95. The molecule has 0 saturated heterocycles. The summed E-state index contributed by atoms with van der Waals surface area (Å²) in [6.45, 7) is 0.533. The minimum absolute atomic E-state index is 0.134. The van der Waals surface area contributed by atoms with Gasteiger partial charge in [-0.3, -0.25) is 0 Å². The van der Waals surface area contributed by atoms with Crippen molar-refractivity contribution in [3.05, 3.63) is 107 Å². The van der Waals surface area contributed by atoms with Crippen LogP contribution in [0.4, 0.5) is 5.95 Å². The molecule has 1 unspecified atom stereocenters. The Labute approximate surface area is 178 Å². The SMILES string of the molecule is Clc1ccc(C2=CC(c3ccc(OCc4ccccc4)cc3)n3nnnc3N2)cc1. The molecular formula is C23H18ClN5O. The number of halogens is 1. The molecule has 0 bridgehead atoms. The molecule has 7 heteroatoms. The van der Waals surface area contributed by atoms with Gasteiger partial charge in [0.25, 0.3) is 0 Å². The van der Waals surface area contributed by atoms with E-state index in [1.54, 1.807) is 4.68 Å². The zero-order valence-electron chi connectivity index (χ0n) is 15.9. The molecule has 1 aliphatic heterocycles. The summed E-state index contributed by atoms with van der Waals surface area (Å²) in [7, 11) is 0. The van der Waals surface area contributed by atoms with Crippen molar-refractivity contribution in [2.24, 2.45) is 0 Å². The highest BCUT2D eigenvalue weighted by Crippen LogP contribution is 2.32. The molecule has 0 aliphatic carbocycles. The third kappa shape index (κ3) is 3.77. The zero-order valence-corrected chi connectivity index (χ0v) is 16.7. The molecule has 1 aromatic heterocycles. The number of nitrogens with one attached hydrogen (secondary N) is 1. The normalized spacial score (nSPS) is 15.1. The minimum atomic E-state index is -0.134. The number of benzene rings is 3. The third-order valence-corrected chi connectivity index (χ3v) is 5.20. The Morgan fingerprint density at radius 3 is 2.47 bits per heavy atom. The van der Waals surface area contributed by atoms with E-state index in [1.807, 2.05) is 78.9 Å². The number of fused-ring (bicyclic) bond motifs is 1. The predicted molar refractivity (Wildman–Crippen MR) is 116 cm³/mol. The first kappa shape index (κ1) is 18.4. The molecular weight excluding hydrogens is 398 g/mol. The smallest absolute Gasteiger partial charge is 0.248 e. The average molecular weight is 416 g/mol. The largest absolute Gasteiger partial charge is 0.489 e. The van der Waals surface area contributed by atoms with Gasteiger partial charge in [-0.25, -0.2) is 0 Å². The van der Waals surface area contributed by atoms with E-state index in [4.69, 9.17) is 16.3 Å². The van der Waals surface area contributed by atoms with Crippen LogP contribution in [-0.4, -0.2) is 20.2 Å². The number of hydrogen-bond donors (Lipinski definition) is 1. The second kappa shape index (κ2) is 8.00. The first-order chi connectivity index (χ1) is 14.8. The van der Waals surface area contributed by atoms with Crippen LogP contribution in [0.2, 0.25) is 5.02 Å². The second-order valence-corrected chi connectivity index (χ2v) is 7.38. The first-order valence-electron chi connectivity index (χ1n) is 9.55. The van der Waals surface area contributed by atoms with Gasteiger partial charge in [-0.2, -0.15) is 4.68 Å². The van der Waals surface area contributed by atoms with Gasteiger partial charge < -0.3 is 10.1 Å². The lowest BCUT2D eigenvalue weighted by molar-refractivity contribution is 0.306. The van der Waals surface area contributed by atoms with E-state index in [0.29, 0.717) is 17.6 Å². The van der Waals surface area contributed by atoms with Gasteiger partial charge in [0, 0.05) is 10.7 Å². The van der Waals surface area contributed by atoms with Gasteiger partial charge in [0.15, 0.2) is 0 Å². The van der Waals surface area contributed by atoms with Crippen LogP contribution in [0.5, 0.6) is 5.75 Å². The van der Waals surface area contributed by atoms with Gasteiger partial charge in [-0.05, 0) is 57.5 Å². The number of rotatable bonds is 5. The summed E-state index contributed by atoms with van der Waals surface area (Å²) in [4.78, 5) is 0. The Morgan fingerprint density at radius 2 is 1.70 bits per heavy atom. The van der Waals surface area contributed by atoms with Crippen molar-refractivity contribution in [2.75, 3.05) is 5.32 Å². The van der Waals surface area contributed by atoms with E-state index in [1.165, 1.54) is 0 Å². The Bertz CT molecular complexity index is 1170. The summed E-state index contributed by atoms with van der Waals surface area (Å²) in [5.74, 6) is 1.41. The van der Waals surface area contributed by atoms with Crippen molar-refractivity contribution < 1.29 is 4.74 Å². The Balaban J connectivity index is 1.40. The molecule has 3 aromatic carbocycles. The highest BCUT2D eigenvalue weighted by Gasteiger charge is 2.24. The van der Waals surface area contributed by atoms with E-state index < -0.39 is 0 Å². The number of tetrazole rings is 1. The number of nitrogens with zero attached hydrogens (tertiary/aromatic N) is 4. The van der Waals surface area contributed by atoms with Crippen molar-refractivity contribution in [3.63, 3.8) is 0 Å². The van der Waals surface area contributed by atoms with Crippen LogP contribution < -0.4 is 10.1 Å². The molecule has 0 saturated carbocycles. The lowest BCUT2D eigenvalue weighted by atomic mass is 10.0. The van der Waals surface area contributed by atoms with E-state index in [9.17, 15) is 0 Å². The molecule has 30 heavy (non-hydrogen) atoms. The number of ether oxygens (including phenoxy) is 1. The molecule has 0 radical (unpaired) electrons. The zero-order chi connectivity index (χ0) is 20.3. The van der Waals surface area contributed by atoms with Gasteiger partial charge in [-0.15, -0.1) is 0 Å². The van der Waals surface area contributed by atoms with Crippen LogP contribution in [0.15, 0.2) is 84.9 Å². The van der Waals surface area contributed by atoms with Crippen LogP contribution in [0.1, 0.15) is 22.7 Å². The van der Waals surface area contributed by atoms with Crippen LogP contribution in [0.25, 0.3) is 5.70 Å². The van der Waals surface area contributed by atoms with Crippen LogP contribution in [0.3, 0.4) is 0 Å². The van der Waals surface area contributed by atoms with E-state index in [0.717, 1.165) is 28.1 Å². The summed E-state index contributed by atoms with van der Waals surface area (Å²) in [6.07, 6.45) is 2.10. The summed E-state index contributed by atoms with van der Waals surface area (Å²) < 4.78 is 7.67. The topological polar surface area (TPSA) is 64.9 Å². The summed E-state index contributed by atoms with van der Waals surface area (Å²) in [6, 6.07) is 25.7. The van der Waals surface area contributed by atoms with Crippen LogP contribution >= 0.6 is 11.6 Å². The van der Waals surface area contributed by atoms with Crippen molar-refractivity contribution in [1.82, 2.24) is 20.2 Å². The predicted octanol–water partition coefficient (Wildman–Crippen LogP) is 4.96. The van der Waals surface area contributed by atoms with Gasteiger partial charge >= 0.3 is 0 Å². The highest BCUT2D eigenvalue weighted by atomic mass is 35.5. The maximum atomic E-state index is 6.03. The molecule has 1 aliphatic rings. The van der Waals surface area contributed by atoms with Crippen molar-refractivity contribution >= 4 is 23.2 Å². The second-order valence-electron chi connectivity index (χ2n) is 6.95. The quantitative estimate of drug-likeness (QED) is 0.499. The summed E-state index contributed by atoms with van der Waals surface area (Å²) >= 11 is 6.03.